The molecule has 3 nitrogen and oxygen atoms in total. The van der Waals surface area contributed by atoms with Crippen LogP contribution in [0, 0.1) is 17.6 Å². The van der Waals surface area contributed by atoms with Crippen LogP contribution in [0.2, 0.25) is 0 Å². The summed E-state index contributed by atoms with van der Waals surface area (Å²) in [5, 5.41) is 0. The number of benzene rings is 1. The molecule has 5 heteroatoms. The zero-order chi connectivity index (χ0) is 14.5. The molecule has 0 aromatic heterocycles. The number of halogens is 2. The topological polar surface area (TPSA) is 29.5 Å². The highest BCUT2D eigenvalue weighted by Crippen LogP contribution is 2.17. The Labute approximate surface area is 117 Å². The zero-order valence-corrected chi connectivity index (χ0v) is 11.6. The number of amides is 1. The normalized spacial score (nSPS) is 18.2. The fourth-order valence-electron chi connectivity index (χ4n) is 2.44. The lowest BCUT2D eigenvalue weighted by Crippen LogP contribution is -2.36. The number of ether oxygens (including phenoxy) is 1. The standard InChI is InChI=1S/C15H19F2NO2/c1-2-4-18(9-11-3-5-20-10-11)15(19)12-6-13(16)8-14(17)7-12/h6-8,11H,2-5,9-10H2,1H3. The van der Waals surface area contributed by atoms with Gasteiger partial charge in [0, 0.05) is 37.2 Å². The number of rotatable bonds is 5. The lowest BCUT2D eigenvalue weighted by atomic mass is 10.1. The molecule has 1 aliphatic heterocycles. The van der Waals surface area contributed by atoms with E-state index in [1.54, 1.807) is 4.90 Å². The fourth-order valence-corrected chi connectivity index (χ4v) is 2.44. The molecule has 0 N–H and O–H groups in total. The highest BCUT2D eigenvalue weighted by Gasteiger charge is 2.23. The van der Waals surface area contributed by atoms with Gasteiger partial charge in [-0.2, -0.15) is 0 Å². The summed E-state index contributed by atoms with van der Waals surface area (Å²) in [5.74, 6) is -1.47. The first kappa shape index (κ1) is 14.9. The molecule has 1 unspecified atom stereocenters. The molecule has 0 radical (unpaired) electrons. The molecular weight excluding hydrogens is 264 g/mol. The number of hydrogen-bond acceptors (Lipinski definition) is 2. The van der Waals surface area contributed by atoms with Gasteiger partial charge in [0.25, 0.3) is 5.91 Å². The minimum absolute atomic E-state index is 0.0647. The third-order valence-corrected chi connectivity index (χ3v) is 3.39. The van der Waals surface area contributed by atoms with E-state index in [0.717, 1.165) is 31.0 Å². The minimum Gasteiger partial charge on any atom is -0.381 e. The third kappa shape index (κ3) is 3.76. The molecule has 1 aromatic rings. The minimum atomic E-state index is -0.728. The van der Waals surface area contributed by atoms with E-state index in [1.165, 1.54) is 0 Å². The average Bonchev–Trinajstić information content (AvgIpc) is 2.89. The Kier molecular flexibility index (Phi) is 5.06. The summed E-state index contributed by atoms with van der Waals surface area (Å²) < 4.78 is 31.7. The van der Waals surface area contributed by atoms with Crippen molar-refractivity contribution in [2.75, 3.05) is 26.3 Å². The highest BCUT2D eigenvalue weighted by atomic mass is 19.1. The molecule has 1 aromatic carbocycles. The summed E-state index contributed by atoms with van der Waals surface area (Å²) in [6.07, 6.45) is 1.72. The van der Waals surface area contributed by atoms with Crippen LogP contribution in [0.5, 0.6) is 0 Å². The number of hydrogen-bond donors (Lipinski definition) is 0. The predicted octanol–water partition coefficient (Wildman–Crippen LogP) is 2.85. The van der Waals surface area contributed by atoms with E-state index in [9.17, 15) is 13.6 Å². The molecule has 1 fully saturated rings. The maximum Gasteiger partial charge on any atom is 0.254 e. The van der Waals surface area contributed by atoms with Gasteiger partial charge in [-0.15, -0.1) is 0 Å². The molecule has 2 rings (SSSR count). The van der Waals surface area contributed by atoms with E-state index in [2.05, 4.69) is 0 Å². The SMILES string of the molecule is CCCN(CC1CCOC1)C(=O)c1cc(F)cc(F)c1. The average molecular weight is 283 g/mol. The zero-order valence-electron chi connectivity index (χ0n) is 11.6. The number of carbonyl (C=O) groups is 1. The van der Waals surface area contributed by atoms with Gasteiger partial charge in [0.15, 0.2) is 0 Å². The van der Waals surface area contributed by atoms with E-state index in [-0.39, 0.29) is 11.5 Å². The van der Waals surface area contributed by atoms with Gasteiger partial charge in [0.05, 0.1) is 6.61 Å². The second-order valence-corrected chi connectivity index (χ2v) is 5.14. The summed E-state index contributed by atoms with van der Waals surface area (Å²) in [4.78, 5) is 14.0. The molecule has 110 valence electrons. The third-order valence-electron chi connectivity index (χ3n) is 3.39. The first-order valence-corrected chi connectivity index (χ1v) is 6.93. The smallest absolute Gasteiger partial charge is 0.254 e. The first-order valence-electron chi connectivity index (χ1n) is 6.93. The summed E-state index contributed by atoms with van der Waals surface area (Å²) in [7, 11) is 0. The van der Waals surface area contributed by atoms with Crippen LogP contribution in [0.3, 0.4) is 0 Å². The van der Waals surface area contributed by atoms with Crippen LogP contribution in [0.4, 0.5) is 8.78 Å². The van der Waals surface area contributed by atoms with Gasteiger partial charge in [-0.1, -0.05) is 6.92 Å². The number of carbonyl (C=O) groups excluding carboxylic acids is 1. The second kappa shape index (κ2) is 6.79. The van der Waals surface area contributed by atoms with Gasteiger partial charge in [0.1, 0.15) is 11.6 Å². The molecule has 1 atom stereocenters. The molecule has 0 spiro atoms. The van der Waals surface area contributed by atoms with Gasteiger partial charge >= 0.3 is 0 Å². The second-order valence-electron chi connectivity index (χ2n) is 5.14. The van der Waals surface area contributed by atoms with Crippen LogP contribution < -0.4 is 0 Å². The van der Waals surface area contributed by atoms with Crippen molar-refractivity contribution in [3.8, 4) is 0 Å². The lowest BCUT2D eigenvalue weighted by Gasteiger charge is -2.25. The Morgan fingerprint density at radius 3 is 2.60 bits per heavy atom. The largest absolute Gasteiger partial charge is 0.381 e. The van der Waals surface area contributed by atoms with Gasteiger partial charge in [-0.3, -0.25) is 4.79 Å². The molecule has 1 saturated heterocycles. The Balaban J connectivity index is 2.12. The number of nitrogens with zero attached hydrogens (tertiary/aromatic N) is 1. The van der Waals surface area contributed by atoms with Crippen LogP contribution in [0.1, 0.15) is 30.1 Å². The van der Waals surface area contributed by atoms with Crippen LogP contribution in [0.15, 0.2) is 18.2 Å². The van der Waals surface area contributed by atoms with Gasteiger partial charge in [-0.05, 0) is 25.0 Å². The molecular formula is C15H19F2NO2. The molecule has 0 saturated carbocycles. The quantitative estimate of drug-likeness (QED) is 0.831. The predicted molar refractivity (Wildman–Crippen MR) is 71.5 cm³/mol. The monoisotopic (exact) mass is 283 g/mol. The Morgan fingerprint density at radius 1 is 1.35 bits per heavy atom. The van der Waals surface area contributed by atoms with Crippen LogP contribution in [-0.2, 0) is 4.74 Å². The summed E-state index contributed by atoms with van der Waals surface area (Å²) in [6.45, 7) is 4.48. The van der Waals surface area contributed by atoms with Crippen LogP contribution in [0.25, 0.3) is 0 Å². The van der Waals surface area contributed by atoms with E-state index in [0.29, 0.717) is 32.2 Å². The van der Waals surface area contributed by atoms with Crippen molar-refractivity contribution < 1.29 is 18.3 Å². The van der Waals surface area contributed by atoms with Crippen molar-refractivity contribution in [2.24, 2.45) is 5.92 Å². The molecule has 0 bridgehead atoms. The maximum atomic E-state index is 13.2. The first-order chi connectivity index (χ1) is 9.60. The van der Waals surface area contributed by atoms with Crippen LogP contribution in [-0.4, -0.2) is 37.1 Å². The van der Waals surface area contributed by atoms with Gasteiger partial charge in [-0.25, -0.2) is 8.78 Å². The van der Waals surface area contributed by atoms with Crippen molar-refractivity contribution in [1.29, 1.82) is 0 Å². The summed E-state index contributed by atoms with van der Waals surface area (Å²) in [6, 6.07) is 2.93. The van der Waals surface area contributed by atoms with Crippen molar-refractivity contribution in [2.45, 2.75) is 19.8 Å². The molecule has 1 amide bonds. The van der Waals surface area contributed by atoms with Crippen molar-refractivity contribution in [3.05, 3.63) is 35.4 Å². The van der Waals surface area contributed by atoms with E-state index in [4.69, 9.17) is 4.74 Å². The van der Waals surface area contributed by atoms with E-state index in [1.807, 2.05) is 6.92 Å². The molecule has 0 aliphatic carbocycles. The van der Waals surface area contributed by atoms with E-state index < -0.39 is 11.6 Å². The lowest BCUT2D eigenvalue weighted by molar-refractivity contribution is 0.0719. The van der Waals surface area contributed by atoms with Crippen molar-refractivity contribution in [3.63, 3.8) is 0 Å². The van der Waals surface area contributed by atoms with Crippen molar-refractivity contribution in [1.82, 2.24) is 4.90 Å². The summed E-state index contributed by atoms with van der Waals surface area (Å²) in [5.41, 5.74) is 0.0647. The molecule has 20 heavy (non-hydrogen) atoms. The Hall–Kier alpha value is -1.49. The van der Waals surface area contributed by atoms with Crippen molar-refractivity contribution >= 4 is 5.91 Å². The molecule has 1 heterocycles. The van der Waals surface area contributed by atoms with E-state index >= 15 is 0 Å². The van der Waals surface area contributed by atoms with Crippen LogP contribution >= 0.6 is 0 Å². The van der Waals surface area contributed by atoms with Gasteiger partial charge < -0.3 is 9.64 Å². The summed E-state index contributed by atoms with van der Waals surface area (Å²) >= 11 is 0. The molecule has 1 aliphatic rings. The van der Waals surface area contributed by atoms with Gasteiger partial charge in [0.2, 0.25) is 0 Å². The Bertz CT molecular complexity index is 453. The maximum absolute atomic E-state index is 13.2. The Morgan fingerprint density at radius 2 is 2.05 bits per heavy atom. The highest BCUT2D eigenvalue weighted by molar-refractivity contribution is 5.94. The fraction of sp³-hybridized carbons (Fsp3) is 0.533.